The van der Waals surface area contributed by atoms with Crippen molar-refractivity contribution in [3.63, 3.8) is 0 Å². The van der Waals surface area contributed by atoms with Gasteiger partial charge in [-0.3, -0.25) is 10.3 Å². The summed E-state index contributed by atoms with van der Waals surface area (Å²) in [7, 11) is 1.51. The van der Waals surface area contributed by atoms with Crippen LogP contribution in [-0.4, -0.2) is 19.0 Å². The van der Waals surface area contributed by atoms with Gasteiger partial charge in [0.1, 0.15) is 0 Å². The highest BCUT2D eigenvalue weighted by molar-refractivity contribution is 6.02. The molecule has 2 amide bonds. The number of carbonyl (C=O) groups excluding carboxylic acids is 1. The number of guanidine groups is 1. The number of hydrogen-bond acceptors (Lipinski definition) is 2. The van der Waals surface area contributed by atoms with Crippen LogP contribution in [0.2, 0.25) is 0 Å². The van der Waals surface area contributed by atoms with Crippen molar-refractivity contribution in [2.45, 2.75) is 13.8 Å². The number of amides is 2. The SMILES string of the molecule is CN=C(N)NC(=O)Nc1ccc(C)cc1C. The Morgan fingerprint density at radius 3 is 2.62 bits per heavy atom. The van der Waals surface area contributed by atoms with Crippen molar-refractivity contribution in [3.8, 4) is 0 Å². The van der Waals surface area contributed by atoms with Crippen molar-refractivity contribution < 1.29 is 4.79 Å². The summed E-state index contributed by atoms with van der Waals surface area (Å²) < 4.78 is 0. The van der Waals surface area contributed by atoms with Crippen LogP contribution < -0.4 is 16.4 Å². The molecule has 0 saturated carbocycles. The van der Waals surface area contributed by atoms with Crippen LogP contribution in [0.4, 0.5) is 10.5 Å². The van der Waals surface area contributed by atoms with E-state index in [1.165, 1.54) is 7.05 Å². The largest absolute Gasteiger partial charge is 0.370 e. The molecule has 86 valence electrons. The van der Waals surface area contributed by atoms with Gasteiger partial charge in [-0.2, -0.15) is 0 Å². The Kier molecular flexibility index (Phi) is 3.88. The molecule has 0 aliphatic rings. The van der Waals surface area contributed by atoms with Gasteiger partial charge in [0.05, 0.1) is 0 Å². The van der Waals surface area contributed by atoms with Gasteiger partial charge in [0, 0.05) is 12.7 Å². The van der Waals surface area contributed by atoms with Gasteiger partial charge in [0.25, 0.3) is 0 Å². The van der Waals surface area contributed by atoms with Crippen LogP contribution in [-0.2, 0) is 0 Å². The topological polar surface area (TPSA) is 79.5 Å². The van der Waals surface area contributed by atoms with Crippen molar-refractivity contribution in [1.29, 1.82) is 0 Å². The number of nitrogens with two attached hydrogens (primary N) is 1. The predicted molar refractivity (Wildman–Crippen MR) is 65.6 cm³/mol. The van der Waals surface area contributed by atoms with Gasteiger partial charge in [0.15, 0.2) is 5.96 Å². The van der Waals surface area contributed by atoms with Crippen molar-refractivity contribution in [1.82, 2.24) is 5.32 Å². The summed E-state index contributed by atoms with van der Waals surface area (Å²) in [4.78, 5) is 15.1. The third kappa shape index (κ3) is 3.27. The molecule has 0 aromatic heterocycles. The van der Waals surface area contributed by atoms with Crippen LogP contribution in [0.1, 0.15) is 11.1 Å². The molecule has 16 heavy (non-hydrogen) atoms. The second-order valence-corrected chi connectivity index (χ2v) is 3.51. The highest BCUT2D eigenvalue weighted by Crippen LogP contribution is 2.15. The lowest BCUT2D eigenvalue weighted by molar-refractivity contribution is 0.256. The molecule has 0 radical (unpaired) electrons. The van der Waals surface area contributed by atoms with Gasteiger partial charge in [-0.25, -0.2) is 4.79 Å². The molecular weight excluding hydrogens is 204 g/mol. The molecule has 0 atom stereocenters. The van der Waals surface area contributed by atoms with E-state index in [0.717, 1.165) is 16.8 Å². The summed E-state index contributed by atoms with van der Waals surface area (Å²) in [6.45, 7) is 3.93. The Morgan fingerprint density at radius 1 is 1.38 bits per heavy atom. The Labute approximate surface area is 94.8 Å². The number of nitrogens with zero attached hydrogens (tertiary/aromatic N) is 1. The number of carbonyl (C=O) groups is 1. The molecule has 1 aromatic rings. The lowest BCUT2D eigenvalue weighted by Crippen LogP contribution is -2.39. The van der Waals surface area contributed by atoms with Crippen LogP contribution in [0.5, 0.6) is 0 Å². The van der Waals surface area contributed by atoms with Gasteiger partial charge in [0.2, 0.25) is 0 Å². The Bertz CT molecular complexity index is 426. The second kappa shape index (κ2) is 5.16. The number of benzene rings is 1. The summed E-state index contributed by atoms with van der Waals surface area (Å²) in [5, 5.41) is 5.09. The molecule has 4 N–H and O–H groups in total. The summed E-state index contributed by atoms with van der Waals surface area (Å²) in [5.74, 6) is 0.0854. The molecule has 0 spiro atoms. The molecule has 5 heteroatoms. The fourth-order valence-corrected chi connectivity index (χ4v) is 1.28. The van der Waals surface area contributed by atoms with E-state index < -0.39 is 6.03 Å². The number of hydrogen-bond donors (Lipinski definition) is 3. The first-order chi connectivity index (χ1) is 7.52. The minimum atomic E-state index is -0.393. The Morgan fingerprint density at radius 2 is 2.06 bits per heavy atom. The summed E-state index contributed by atoms with van der Waals surface area (Å²) >= 11 is 0. The average molecular weight is 220 g/mol. The van der Waals surface area contributed by atoms with E-state index in [2.05, 4.69) is 15.6 Å². The maximum Gasteiger partial charge on any atom is 0.325 e. The maximum absolute atomic E-state index is 11.4. The Balaban J connectivity index is 2.70. The van der Waals surface area contributed by atoms with E-state index in [1.807, 2.05) is 32.0 Å². The zero-order valence-corrected chi connectivity index (χ0v) is 9.66. The molecule has 0 aliphatic carbocycles. The normalized spacial score (nSPS) is 11.1. The minimum absolute atomic E-state index is 0.0854. The number of anilines is 1. The highest BCUT2D eigenvalue weighted by atomic mass is 16.2. The van der Waals surface area contributed by atoms with Crippen molar-refractivity contribution in [3.05, 3.63) is 29.3 Å². The number of urea groups is 1. The van der Waals surface area contributed by atoms with Crippen LogP contribution in [0.15, 0.2) is 23.2 Å². The van der Waals surface area contributed by atoms with E-state index in [4.69, 9.17) is 5.73 Å². The van der Waals surface area contributed by atoms with Crippen molar-refractivity contribution >= 4 is 17.7 Å². The van der Waals surface area contributed by atoms with Crippen LogP contribution in [0.3, 0.4) is 0 Å². The van der Waals surface area contributed by atoms with Gasteiger partial charge >= 0.3 is 6.03 Å². The van der Waals surface area contributed by atoms with Gasteiger partial charge in [-0.05, 0) is 25.5 Å². The van der Waals surface area contributed by atoms with Gasteiger partial charge < -0.3 is 11.1 Å². The first-order valence-corrected chi connectivity index (χ1v) is 4.90. The number of aliphatic imine (C=N–C) groups is 1. The van der Waals surface area contributed by atoms with Crippen molar-refractivity contribution in [2.75, 3.05) is 12.4 Å². The third-order valence-electron chi connectivity index (χ3n) is 2.11. The monoisotopic (exact) mass is 220 g/mol. The van der Waals surface area contributed by atoms with E-state index in [0.29, 0.717) is 0 Å². The lowest BCUT2D eigenvalue weighted by atomic mass is 10.1. The van der Waals surface area contributed by atoms with Gasteiger partial charge in [-0.15, -0.1) is 0 Å². The first-order valence-electron chi connectivity index (χ1n) is 4.90. The quantitative estimate of drug-likeness (QED) is 0.493. The highest BCUT2D eigenvalue weighted by Gasteiger charge is 2.04. The summed E-state index contributed by atoms with van der Waals surface area (Å²) in [6.07, 6.45) is 0. The van der Waals surface area contributed by atoms with Crippen LogP contribution in [0.25, 0.3) is 0 Å². The zero-order valence-electron chi connectivity index (χ0n) is 9.66. The molecule has 0 aliphatic heterocycles. The first kappa shape index (κ1) is 12.0. The van der Waals surface area contributed by atoms with E-state index in [9.17, 15) is 4.79 Å². The fraction of sp³-hybridized carbons (Fsp3) is 0.273. The molecule has 0 fully saturated rings. The molecule has 0 saturated heterocycles. The molecular formula is C11H16N4O. The molecule has 0 unspecified atom stereocenters. The smallest absolute Gasteiger partial charge is 0.325 e. The zero-order chi connectivity index (χ0) is 12.1. The van der Waals surface area contributed by atoms with E-state index in [1.54, 1.807) is 0 Å². The third-order valence-corrected chi connectivity index (χ3v) is 2.11. The minimum Gasteiger partial charge on any atom is -0.370 e. The number of aryl methyl sites for hydroxylation is 2. The lowest BCUT2D eigenvalue weighted by Gasteiger charge is -2.09. The molecule has 5 nitrogen and oxygen atoms in total. The van der Waals surface area contributed by atoms with Crippen molar-refractivity contribution in [2.24, 2.45) is 10.7 Å². The second-order valence-electron chi connectivity index (χ2n) is 3.51. The number of nitrogens with one attached hydrogen (secondary N) is 2. The predicted octanol–water partition coefficient (Wildman–Crippen LogP) is 1.37. The average Bonchev–Trinajstić information content (AvgIpc) is 2.22. The molecule has 0 bridgehead atoms. The molecule has 0 heterocycles. The van der Waals surface area contributed by atoms with E-state index >= 15 is 0 Å². The standard InChI is InChI=1S/C11H16N4O/c1-7-4-5-9(8(2)6-7)14-11(16)15-10(12)13-3/h4-6H,1-3H3,(H4,12,13,14,15,16). The van der Waals surface area contributed by atoms with Crippen LogP contribution in [0, 0.1) is 13.8 Å². The summed E-state index contributed by atoms with van der Waals surface area (Å²) in [5.41, 5.74) is 8.28. The van der Waals surface area contributed by atoms with E-state index in [-0.39, 0.29) is 5.96 Å². The van der Waals surface area contributed by atoms with Crippen LogP contribution >= 0.6 is 0 Å². The maximum atomic E-state index is 11.4. The Hall–Kier alpha value is -2.04. The molecule has 1 aromatic carbocycles. The number of rotatable bonds is 1. The summed E-state index contributed by atoms with van der Waals surface area (Å²) in [6, 6.07) is 5.38. The fourth-order valence-electron chi connectivity index (χ4n) is 1.28. The molecule has 1 rings (SSSR count). The van der Waals surface area contributed by atoms with Gasteiger partial charge in [-0.1, -0.05) is 17.7 Å².